The Kier molecular flexibility index (Phi) is 50.0. The molecule has 66 heavy (non-hydrogen) atoms. The van der Waals surface area contributed by atoms with Crippen molar-refractivity contribution in [2.45, 2.75) is 337 Å². The van der Waals surface area contributed by atoms with Crippen molar-refractivity contribution >= 4 is 17.9 Å². The number of ether oxygens (including phenoxy) is 3. The van der Waals surface area contributed by atoms with E-state index in [0.717, 1.165) is 75.5 Å². The van der Waals surface area contributed by atoms with Crippen molar-refractivity contribution in [3.63, 3.8) is 0 Å². The first-order valence-electron chi connectivity index (χ1n) is 29.6. The smallest absolute Gasteiger partial charge is 0.306 e. The highest BCUT2D eigenvalue weighted by Gasteiger charge is 2.19. The van der Waals surface area contributed by atoms with Crippen molar-refractivity contribution in [2.24, 2.45) is 17.8 Å². The first-order valence-corrected chi connectivity index (χ1v) is 29.6. The lowest BCUT2D eigenvalue weighted by molar-refractivity contribution is -0.167. The summed E-state index contributed by atoms with van der Waals surface area (Å²) in [7, 11) is 0. The SMILES string of the molecule is CCC(C)CCCCCCCCC(=O)OC[C@H](COC(=O)CCCCCCCCCCCCCCCCC(C)C)OC(=O)CCCCCCCCCCCCCCCCCCCCC(C)C. The second kappa shape index (κ2) is 51.3. The van der Waals surface area contributed by atoms with Crippen LogP contribution in [0.1, 0.15) is 330 Å². The second-order valence-corrected chi connectivity index (χ2v) is 21.8. The summed E-state index contributed by atoms with van der Waals surface area (Å²) >= 11 is 0. The van der Waals surface area contributed by atoms with Gasteiger partial charge in [-0.15, -0.1) is 0 Å². The number of unbranched alkanes of at least 4 members (excludes halogenated alkanes) is 35. The third kappa shape index (κ3) is 51.8. The summed E-state index contributed by atoms with van der Waals surface area (Å²) < 4.78 is 16.9. The molecule has 1 unspecified atom stereocenters. The molecule has 6 heteroatoms. The van der Waals surface area contributed by atoms with Crippen molar-refractivity contribution in [3.8, 4) is 0 Å². The molecule has 0 saturated carbocycles. The fraction of sp³-hybridized carbons (Fsp3) is 0.950. The number of hydrogen-bond acceptors (Lipinski definition) is 6. The quantitative estimate of drug-likeness (QED) is 0.0343. The van der Waals surface area contributed by atoms with Gasteiger partial charge in [0.05, 0.1) is 0 Å². The monoisotopic (exact) mass is 933 g/mol. The Morgan fingerprint density at radius 2 is 0.530 bits per heavy atom. The largest absolute Gasteiger partial charge is 0.462 e. The predicted octanol–water partition coefficient (Wildman–Crippen LogP) is 19.5. The summed E-state index contributed by atoms with van der Waals surface area (Å²) in [6, 6.07) is 0. The van der Waals surface area contributed by atoms with Crippen LogP contribution in [0.25, 0.3) is 0 Å². The van der Waals surface area contributed by atoms with Crippen LogP contribution < -0.4 is 0 Å². The zero-order chi connectivity index (χ0) is 48.4. The van der Waals surface area contributed by atoms with Gasteiger partial charge in [-0.2, -0.15) is 0 Å². The molecule has 2 atom stereocenters. The number of carbonyl (C=O) groups is 3. The van der Waals surface area contributed by atoms with Crippen LogP contribution >= 0.6 is 0 Å². The Hall–Kier alpha value is -1.59. The Morgan fingerprint density at radius 1 is 0.303 bits per heavy atom. The molecule has 0 heterocycles. The van der Waals surface area contributed by atoms with Crippen LogP contribution in [0.2, 0.25) is 0 Å². The van der Waals surface area contributed by atoms with Gasteiger partial charge in [-0.3, -0.25) is 14.4 Å². The lowest BCUT2D eigenvalue weighted by Crippen LogP contribution is -2.30. The van der Waals surface area contributed by atoms with E-state index in [1.54, 1.807) is 0 Å². The molecule has 392 valence electrons. The summed E-state index contributed by atoms with van der Waals surface area (Å²) in [5.41, 5.74) is 0. The molecule has 0 aliphatic carbocycles. The van der Waals surface area contributed by atoms with E-state index in [1.165, 1.54) is 212 Å². The molecule has 0 bridgehead atoms. The Morgan fingerprint density at radius 3 is 0.788 bits per heavy atom. The van der Waals surface area contributed by atoms with E-state index < -0.39 is 6.10 Å². The molecule has 0 rings (SSSR count). The van der Waals surface area contributed by atoms with Gasteiger partial charge in [-0.25, -0.2) is 0 Å². The molecule has 0 fully saturated rings. The maximum absolute atomic E-state index is 12.9. The fourth-order valence-corrected chi connectivity index (χ4v) is 9.14. The Bertz CT molecular complexity index is 1020. The number of esters is 3. The van der Waals surface area contributed by atoms with Crippen LogP contribution in [0.4, 0.5) is 0 Å². The Labute approximate surface area is 412 Å². The highest BCUT2D eigenvalue weighted by Crippen LogP contribution is 2.19. The lowest BCUT2D eigenvalue weighted by Gasteiger charge is -2.18. The van der Waals surface area contributed by atoms with E-state index >= 15 is 0 Å². The third-order valence-electron chi connectivity index (χ3n) is 14.0. The molecular formula is C60H116O6. The standard InChI is InChI=1S/C60H116O6/c1-7-56(6)48-42-36-32-33-38-44-50-59(62)65-53-57(52-64-58(61)49-43-37-30-26-22-18-15-14-17-21-25-29-35-41-47-55(4)5)66-60(63)51-45-39-31-27-23-19-13-11-9-8-10-12-16-20-24-28-34-40-46-54(2)3/h54-57H,7-53H2,1-6H3/t56?,57-/m0/s1. The molecule has 0 aromatic rings. The average Bonchev–Trinajstić information content (AvgIpc) is 3.29. The van der Waals surface area contributed by atoms with Crippen molar-refractivity contribution in [1.82, 2.24) is 0 Å². The summed E-state index contributed by atoms with van der Waals surface area (Å²) in [5.74, 6) is 1.67. The van der Waals surface area contributed by atoms with E-state index in [9.17, 15) is 14.4 Å². The van der Waals surface area contributed by atoms with E-state index in [2.05, 4.69) is 41.5 Å². The van der Waals surface area contributed by atoms with Gasteiger partial charge in [0, 0.05) is 19.3 Å². The van der Waals surface area contributed by atoms with Crippen molar-refractivity contribution in [2.75, 3.05) is 13.2 Å². The molecular weight excluding hydrogens is 817 g/mol. The van der Waals surface area contributed by atoms with Crippen LogP contribution in [-0.4, -0.2) is 37.2 Å². The molecule has 0 aromatic heterocycles. The molecule has 0 radical (unpaired) electrons. The Balaban J connectivity index is 4.23. The van der Waals surface area contributed by atoms with Gasteiger partial charge >= 0.3 is 17.9 Å². The van der Waals surface area contributed by atoms with Crippen molar-refractivity contribution in [3.05, 3.63) is 0 Å². The topological polar surface area (TPSA) is 78.9 Å². The van der Waals surface area contributed by atoms with E-state index in [-0.39, 0.29) is 31.1 Å². The second-order valence-electron chi connectivity index (χ2n) is 21.8. The highest BCUT2D eigenvalue weighted by atomic mass is 16.6. The fourth-order valence-electron chi connectivity index (χ4n) is 9.14. The molecule has 0 aliphatic rings. The van der Waals surface area contributed by atoms with Crippen LogP contribution in [0, 0.1) is 17.8 Å². The van der Waals surface area contributed by atoms with E-state index in [4.69, 9.17) is 14.2 Å². The van der Waals surface area contributed by atoms with Crippen molar-refractivity contribution in [1.29, 1.82) is 0 Å². The maximum Gasteiger partial charge on any atom is 0.306 e. The number of carbonyl (C=O) groups excluding carboxylic acids is 3. The van der Waals surface area contributed by atoms with Gasteiger partial charge in [0.2, 0.25) is 0 Å². The average molecular weight is 934 g/mol. The lowest BCUT2D eigenvalue weighted by atomic mass is 10.00. The molecule has 0 N–H and O–H groups in total. The minimum absolute atomic E-state index is 0.0641. The number of rotatable bonds is 53. The van der Waals surface area contributed by atoms with Crippen molar-refractivity contribution < 1.29 is 28.6 Å². The minimum atomic E-state index is -0.764. The normalized spacial score (nSPS) is 12.5. The van der Waals surface area contributed by atoms with Gasteiger partial charge in [0.25, 0.3) is 0 Å². The number of hydrogen-bond donors (Lipinski definition) is 0. The van der Waals surface area contributed by atoms with Gasteiger partial charge in [0.1, 0.15) is 13.2 Å². The maximum atomic E-state index is 12.9. The molecule has 0 spiro atoms. The first kappa shape index (κ1) is 64.4. The highest BCUT2D eigenvalue weighted by molar-refractivity contribution is 5.71. The van der Waals surface area contributed by atoms with Gasteiger partial charge in [-0.05, 0) is 37.0 Å². The van der Waals surface area contributed by atoms with Gasteiger partial charge in [0.15, 0.2) is 6.10 Å². The minimum Gasteiger partial charge on any atom is -0.462 e. The third-order valence-corrected chi connectivity index (χ3v) is 14.0. The molecule has 6 nitrogen and oxygen atoms in total. The summed E-state index contributed by atoms with van der Waals surface area (Å²) in [6.07, 6.45) is 53.9. The summed E-state index contributed by atoms with van der Waals surface area (Å²) in [4.78, 5) is 38.1. The van der Waals surface area contributed by atoms with Crippen LogP contribution in [0.5, 0.6) is 0 Å². The van der Waals surface area contributed by atoms with Crippen LogP contribution in [0.15, 0.2) is 0 Å². The van der Waals surface area contributed by atoms with Crippen LogP contribution in [-0.2, 0) is 28.6 Å². The summed E-state index contributed by atoms with van der Waals surface area (Å²) in [5, 5.41) is 0. The molecule has 0 saturated heterocycles. The molecule has 0 aliphatic heterocycles. The summed E-state index contributed by atoms with van der Waals surface area (Å²) in [6.45, 7) is 13.8. The van der Waals surface area contributed by atoms with Gasteiger partial charge < -0.3 is 14.2 Å². The first-order chi connectivity index (χ1) is 32.1. The van der Waals surface area contributed by atoms with Gasteiger partial charge in [-0.1, -0.05) is 292 Å². The zero-order valence-corrected chi connectivity index (χ0v) is 45.5. The molecule has 0 amide bonds. The zero-order valence-electron chi connectivity index (χ0n) is 45.5. The molecule has 0 aromatic carbocycles. The predicted molar refractivity (Wildman–Crippen MR) is 284 cm³/mol. The van der Waals surface area contributed by atoms with Crippen LogP contribution in [0.3, 0.4) is 0 Å². The van der Waals surface area contributed by atoms with E-state index in [1.807, 2.05) is 0 Å². The van der Waals surface area contributed by atoms with E-state index in [0.29, 0.717) is 19.3 Å².